The van der Waals surface area contributed by atoms with Crippen molar-refractivity contribution in [3.05, 3.63) is 58.4 Å². The van der Waals surface area contributed by atoms with E-state index in [1.54, 1.807) is 18.0 Å². The van der Waals surface area contributed by atoms with Crippen molar-refractivity contribution in [2.75, 3.05) is 6.54 Å². The van der Waals surface area contributed by atoms with Crippen LogP contribution in [-0.2, 0) is 25.7 Å². The highest BCUT2D eigenvalue weighted by Crippen LogP contribution is 2.34. The number of alkyl halides is 3. The monoisotopic (exact) mass is 325 g/mol. The van der Waals surface area contributed by atoms with E-state index in [0.717, 1.165) is 29.5 Å². The van der Waals surface area contributed by atoms with Gasteiger partial charge in [-0.1, -0.05) is 6.07 Å². The Bertz CT molecular complexity index is 728. The second-order valence-electron chi connectivity index (χ2n) is 5.61. The zero-order chi connectivity index (χ0) is 16.6. The zero-order valence-corrected chi connectivity index (χ0v) is 12.5. The first-order valence-corrected chi connectivity index (χ1v) is 7.23. The first-order chi connectivity index (χ1) is 10.8. The number of benzene rings is 1. The fourth-order valence-corrected chi connectivity index (χ4v) is 2.82. The maximum absolute atomic E-state index is 13.9. The molecule has 0 radical (unpaired) electrons. The minimum Gasteiger partial charge on any atom is -0.294 e. The maximum atomic E-state index is 13.9. The van der Waals surface area contributed by atoms with Crippen molar-refractivity contribution in [1.82, 2.24) is 14.9 Å². The summed E-state index contributed by atoms with van der Waals surface area (Å²) in [7, 11) is 0. The van der Waals surface area contributed by atoms with E-state index in [0.29, 0.717) is 25.3 Å². The average Bonchev–Trinajstić information content (AvgIpc) is 2.48. The van der Waals surface area contributed by atoms with E-state index in [4.69, 9.17) is 0 Å². The molecule has 0 bridgehead atoms. The lowest BCUT2D eigenvalue weighted by molar-refractivity contribution is -0.138. The Balaban J connectivity index is 1.85. The second-order valence-corrected chi connectivity index (χ2v) is 5.61. The summed E-state index contributed by atoms with van der Waals surface area (Å²) in [6.45, 7) is 2.66. The van der Waals surface area contributed by atoms with Crippen LogP contribution in [0.15, 0.2) is 24.4 Å². The van der Waals surface area contributed by atoms with Crippen molar-refractivity contribution >= 4 is 0 Å². The molecule has 0 aliphatic carbocycles. The van der Waals surface area contributed by atoms with Gasteiger partial charge in [-0.3, -0.25) is 4.90 Å². The predicted molar refractivity (Wildman–Crippen MR) is 76.0 cm³/mol. The van der Waals surface area contributed by atoms with Crippen molar-refractivity contribution < 1.29 is 17.6 Å². The van der Waals surface area contributed by atoms with E-state index in [-0.39, 0.29) is 12.1 Å². The topological polar surface area (TPSA) is 29.0 Å². The largest absolute Gasteiger partial charge is 0.416 e. The minimum atomic E-state index is -4.56. The van der Waals surface area contributed by atoms with Crippen LogP contribution in [0.5, 0.6) is 0 Å². The number of aryl methyl sites for hydroxylation is 1. The van der Waals surface area contributed by atoms with Gasteiger partial charge < -0.3 is 0 Å². The van der Waals surface area contributed by atoms with Gasteiger partial charge in [0.15, 0.2) is 0 Å². The van der Waals surface area contributed by atoms with Crippen LogP contribution in [0.4, 0.5) is 17.6 Å². The smallest absolute Gasteiger partial charge is 0.294 e. The first kappa shape index (κ1) is 15.9. The molecule has 7 heteroatoms. The Labute approximate surface area is 131 Å². The van der Waals surface area contributed by atoms with E-state index in [1.807, 2.05) is 0 Å². The van der Waals surface area contributed by atoms with Crippen LogP contribution in [0, 0.1) is 12.7 Å². The molecule has 0 saturated heterocycles. The molecule has 0 saturated carbocycles. The number of hydrogen-bond acceptors (Lipinski definition) is 3. The molecule has 1 aliphatic rings. The quantitative estimate of drug-likeness (QED) is 0.792. The second kappa shape index (κ2) is 5.88. The van der Waals surface area contributed by atoms with E-state index in [9.17, 15) is 17.6 Å². The Morgan fingerprint density at radius 3 is 2.78 bits per heavy atom. The highest BCUT2D eigenvalue weighted by atomic mass is 19.4. The predicted octanol–water partition coefficient (Wildman–Crippen LogP) is 3.50. The number of halogens is 4. The lowest BCUT2D eigenvalue weighted by atomic mass is 10.0. The standard InChI is InChI=1S/C16H15F4N3/c1-10-21-7-11-8-23(6-5-15(11)22-10)9-12-13(16(18,19)20)3-2-4-14(12)17/h2-4,7H,5-6,8-9H2,1H3. The number of aromatic nitrogens is 2. The van der Waals surface area contributed by atoms with Crippen LogP contribution in [0.3, 0.4) is 0 Å². The molecule has 23 heavy (non-hydrogen) atoms. The molecular formula is C16H15F4N3. The number of nitrogens with zero attached hydrogens (tertiary/aromatic N) is 3. The van der Waals surface area contributed by atoms with Crippen molar-refractivity contribution in [1.29, 1.82) is 0 Å². The van der Waals surface area contributed by atoms with Crippen LogP contribution in [0.2, 0.25) is 0 Å². The molecular weight excluding hydrogens is 310 g/mol. The molecule has 2 aromatic rings. The molecule has 3 nitrogen and oxygen atoms in total. The summed E-state index contributed by atoms with van der Waals surface area (Å²) in [5.74, 6) is -0.156. The fourth-order valence-electron chi connectivity index (χ4n) is 2.82. The van der Waals surface area contributed by atoms with E-state index in [1.165, 1.54) is 0 Å². The third kappa shape index (κ3) is 3.34. The summed E-state index contributed by atoms with van der Waals surface area (Å²) < 4.78 is 53.1. The molecule has 3 rings (SSSR count). The van der Waals surface area contributed by atoms with Gasteiger partial charge in [0.25, 0.3) is 0 Å². The molecule has 1 aromatic carbocycles. The van der Waals surface area contributed by atoms with Crippen molar-refractivity contribution in [3.63, 3.8) is 0 Å². The molecule has 1 aromatic heterocycles. The van der Waals surface area contributed by atoms with E-state index >= 15 is 0 Å². The van der Waals surface area contributed by atoms with Crippen LogP contribution < -0.4 is 0 Å². The summed E-state index contributed by atoms with van der Waals surface area (Å²) in [5.41, 5.74) is 0.574. The summed E-state index contributed by atoms with van der Waals surface area (Å²) in [6, 6.07) is 3.07. The zero-order valence-electron chi connectivity index (χ0n) is 12.5. The van der Waals surface area contributed by atoms with Gasteiger partial charge in [0.1, 0.15) is 11.6 Å². The van der Waals surface area contributed by atoms with Gasteiger partial charge >= 0.3 is 6.18 Å². The Hall–Kier alpha value is -2.02. The lowest BCUT2D eigenvalue weighted by Gasteiger charge is -2.29. The van der Waals surface area contributed by atoms with Gasteiger partial charge in [0.05, 0.1) is 5.56 Å². The molecule has 0 N–H and O–H groups in total. The van der Waals surface area contributed by atoms with E-state index in [2.05, 4.69) is 9.97 Å². The highest BCUT2D eigenvalue weighted by Gasteiger charge is 2.35. The van der Waals surface area contributed by atoms with Crippen molar-refractivity contribution in [2.24, 2.45) is 0 Å². The molecule has 0 spiro atoms. The summed E-state index contributed by atoms with van der Waals surface area (Å²) in [5, 5.41) is 0. The number of hydrogen-bond donors (Lipinski definition) is 0. The minimum absolute atomic E-state index is 0.0885. The van der Waals surface area contributed by atoms with Gasteiger partial charge in [-0.15, -0.1) is 0 Å². The molecule has 122 valence electrons. The molecule has 2 heterocycles. The SMILES string of the molecule is Cc1ncc2c(n1)CCN(Cc1c(F)cccc1C(F)(F)F)C2. The Morgan fingerprint density at radius 2 is 2.04 bits per heavy atom. The van der Waals surface area contributed by atoms with Crippen LogP contribution >= 0.6 is 0 Å². The third-order valence-corrected chi connectivity index (χ3v) is 3.94. The summed E-state index contributed by atoms with van der Waals surface area (Å²) in [4.78, 5) is 10.2. The number of rotatable bonds is 2. The molecule has 0 amide bonds. The summed E-state index contributed by atoms with van der Waals surface area (Å²) in [6.07, 6.45) is -2.25. The Kier molecular flexibility index (Phi) is 4.06. The van der Waals surface area contributed by atoms with Gasteiger partial charge in [-0.05, 0) is 19.1 Å². The third-order valence-electron chi connectivity index (χ3n) is 3.94. The van der Waals surface area contributed by atoms with Crippen LogP contribution in [-0.4, -0.2) is 21.4 Å². The normalized spacial score (nSPS) is 15.5. The lowest BCUT2D eigenvalue weighted by Crippen LogP contribution is -2.32. The van der Waals surface area contributed by atoms with Gasteiger partial charge in [-0.2, -0.15) is 13.2 Å². The molecule has 1 aliphatic heterocycles. The fraction of sp³-hybridized carbons (Fsp3) is 0.375. The molecule has 0 unspecified atom stereocenters. The summed E-state index contributed by atoms with van der Waals surface area (Å²) >= 11 is 0. The highest BCUT2D eigenvalue weighted by molar-refractivity contribution is 5.31. The molecule has 0 atom stereocenters. The average molecular weight is 325 g/mol. The maximum Gasteiger partial charge on any atom is 0.416 e. The van der Waals surface area contributed by atoms with Gasteiger partial charge in [0.2, 0.25) is 0 Å². The van der Waals surface area contributed by atoms with Gasteiger partial charge in [0, 0.05) is 49.1 Å². The van der Waals surface area contributed by atoms with Crippen LogP contribution in [0.1, 0.15) is 28.2 Å². The van der Waals surface area contributed by atoms with Crippen LogP contribution in [0.25, 0.3) is 0 Å². The van der Waals surface area contributed by atoms with Crippen molar-refractivity contribution in [2.45, 2.75) is 32.6 Å². The van der Waals surface area contributed by atoms with E-state index < -0.39 is 17.6 Å². The molecule has 0 fully saturated rings. The number of fused-ring (bicyclic) bond motifs is 1. The van der Waals surface area contributed by atoms with Gasteiger partial charge in [-0.25, -0.2) is 14.4 Å². The van der Waals surface area contributed by atoms with Crippen molar-refractivity contribution in [3.8, 4) is 0 Å². The Morgan fingerprint density at radius 1 is 1.26 bits per heavy atom. The first-order valence-electron chi connectivity index (χ1n) is 7.23.